The van der Waals surface area contributed by atoms with Crippen LogP contribution in [-0.2, 0) is 11.2 Å². The van der Waals surface area contributed by atoms with Crippen molar-refractivity contribution in [3.63, 3.8) is 0 Å². The first-order valence-electron chi connectivity index (χ1n) is 7.68. The van der Waals surface area contributed by atoms with Crippen LogP contribution in [0.1, 0.15) is 24.4 Å². The van der Waals surface area contributed by atoms with E-state index in [9.17, 15) is 4.79 Å². The molecule has 0 spiro atoms. The SMILES string of the molecule is Cc1nc(CCC(=O)N2CC[C@@H](N)C2)oc1-c1ccccc1.Cl.Cl. The van der Waals surface area contributed by atoms with Gasteiger partial charge in [0.15, 0.2) is 11.7 Å². The van der Waals surface area contributed by atoms with E-state index in [1.165, 1.54) is 0 Å². The van der Waals surface area contributed by atoms with Gasteiger partial charge in [0.1, 0.15) is 0 Å². The molecule has 1 aromatic heterocycles. The molecular weight excluding hydrogens is 349 g/mol. The Labute approximate surface area is 154 Å². The summed E-state index contributed by atoms with van der Waals surface area (Å²) >= 11 is 0. The summed E-state index contributed by atoms with van der Waals surface area (Å²) in [6.45, 7) is 3.36. The summed E-state index contributed by atoms with van der Waals surface area (Å²) in [4.78, 5) is 18.4. The van der Waals surface area contributed by atoms with Crippen LogP contribution in [0.25, 0.3) is 11.3 Å². The Morgan fingerprint density at radius 3 is 2.67 bits per heavy atom. The molecule has 3 rings (SSSR count). The lowest BCUT2D eigenvalue weighted by Gasteiger charge is -2.14. The Kier molecular flexibility index (Phi) is 7.73. The molecule has 1 saturated heterocycles. The summed E-state index contributed by atoms with van der Waals surface area (Å²) < 4.78 is 5.83. The van der Waals surface area contributed by atoms with Crippen molar-refractivity contribution >= 4 is 30.7 Å². The van der Waals surface area contributed by atoms with Gasteiger partial charge in [-0.2, -0.15) is 0 Å². The lowest BCUT2D eigenvalue weighted by molar-refractivity contribution is -0.130. The van der Waals surface area contributed by atoms with Crippen molar-refractivity contribution in [3.8, 4) is 11.3 Å². The van der Waals surface area contributed by atoms with Crippen LogP contribution >= 0.6 is 24.8 Å². The summed E-state index contributed by atoms with van der Waals surface area (Å²) in [5.41, 5.74) is 7.70. The molecular formula is C17H23Cl2N3O2. The zero-order valence-corrected chi connectivity index (χ0v) is 15.2. The van der Waals surface area contributed by atoms with Gasteiger partial charge in [-0.3, -0.25) is 4.79 Å². The minimum atomic E-state index is 0. The van der Waals surface area contributed by atoms with Gasteiger partial charge >= 0.3 is 0 Å². The maximum Gasteiger partial charge on any atom is 0.223 e. The van der Waals surface area contributed by atoms with Crippen molar-refractivity contribution < 1.29 is 9.21 Å². The molecule has 132 valence electrons. The molecule has 1 aliphatic rings. The first-order valence-corrected chi connectivity index (χ1v) is 7.68. The molecule has 1 atom stereocenters. The van der Waals surface area contributed by atoms with Crippen LogP contribution in [-0.4, -0.2) is 34.9 Å². The van der Waals surface area contributed by atoms with E-state index in [2.05, 4.69) is 4.98 Å². The minimum Gasteiger partial charge on any atom is -0.440 e. The summed E-state index contributed by atoms with van der Waals surface area (Å²) in [7, 11) is 0. The normalized spacial score (nSPS) is 16.4. The number of halogens is 2. The van der Waals surface area contributed by atoms with E-state index in [1.807, 2.05) is 42.2 Å². The molecule has 1 amide bonds. The number of carbonyl (C=O) groups excluding carboxylic acids is 1. The van der Waals surface area contributed by atoms with Crippen molar-refractivity contribution in [1.29, 1.82) is 0 Å². The molecule has 0 radical (unpaired) electrons. The highest BCUT2D eigenvalue weighted by molar-refractivity contribution is 5.85. The second kappa shape index (κ2) is 9.06. The number of amides is 1. The molecule has 7 heteroatoms. The number of nitrogens with two attached hydrogens (primary N) is 1. The summed E-state index contributed by atoms with van der Waals surface area (Å²) in [5, 5.41) is 0. The van der Waals surface area contributed by atoms with Gasteiger partial charge in [-0.25, -0.2) is 4.98 Å². The molecule has 1 aliphatic heterocycles. The average Bonchev–Trinajstić information content (AvgIpc) is 3.12. The van der Waals surface area contributed by atoms with Gasteiger partial charge in [0, 0.05) is 37.5 Å². The van der Waals surface area contributed by atoms with Crippen molar-refractivity contribution in [3.05, 3.63) is 41.9 Å². The van der Waals surface area contributed by atoms with Gasteiger partial charge in [0.05, 0.1) is 5.69 Å². The number of hydrogen-bond donors (Lipinski definition) is 1. The summed E-state index contributed by atoms with van der Waals surface area (Å²) in [6.07, 6.45) is 1.83. The van der Waals surface area contributed by atoms with Crippen molar-refractivity contribution in [2.75, 3.05) is 13.1 Å². The van der Waals surface area contributed by atoms with E-state index < -0.39 is 0 Å². The van der Waals surface area contributed by atoms with Crippen molar-refractivity contribution in [2.24, 2.45) is 5.73 Å². The fourth-order valence-electron chi connectivity index (χ4n) is 2.80. The third-order valence-electron chi connectivity index (χ3n) is 4.01. The Bertz CT molecular complexity index is 661. The van der Waals surface area contributed by atoms with Crippen LogP contribution in [0.5, 0.6) is 0 Å². The van der Waals surface area contributed by atoms with Crippen LogP contribution in [0.4, 0.5) is 0 Å². The fraction of sp³-hybridized carbons (Fsp3) is 0.412. The van der Waals surface area contributed by atoms with Crippen molar-refractivity contribution in [1.82, 2.24) is 9.88 Å². The maximum atomic E-state index is 12.1. The number of nitrogens with zero attached hydrogens (tertiary/aromatic N) is 2. The first-order chi connectivity index (χ1) is 10.6. The van der Waals surface area contributed by atoms with Gasteiger partial charge < -0.3 is 15.1 Å². The van der Waals surface area contributed by atoms with Gasteiger partial charge in [-0.15, -0.1) is 24.8 Å². The molecule has 1 aromatic carbocycles. The molecule has 1 fully saturated rings. The topological polar surface area (TPSA) is 72.4 Å². The van der Waals surface area contributed by atoms with E-state index in [1.54, 1.807) is 0 Å². The van der Waals surface area contributed by atoms with E-state index in [0.29, 0.717) is 25.3 Å². The van der Waals surface area contributed by atoms with Gasteiger partial charge in [-0.1, -0.05) is 30.3 Å². The first kappa shape index (κ1) is 20.5. The van der Waals surface area contributed by atoms with Crippen molar-refractivity contribution in [2.45, 2.75) is 32.2 Å². The number of hydrogen-bond acceptors (Lipinski definition) is 4. The molecule has 2 N–H and O–H groups in total. The Morgan fingerprint density at radius 1 is 1.33 bits per heavy atom. The van der Waals surface area contributed by atoms with E-state index >= 15 is 0 Å². The maximum absolute atomic E-state index is 12.1. The molecule has 0 aliphatic carbocycles. The second-order valence-electron chi connectivity index (χ2n) is 5.78. The Hall–Kier alpha value is -1.56. The van der Waals surface area contributed by atoms with Crippen LogP contribution in [0.15, 0.2) is 34.7 Å². The van der Waals surface area contributed by atoms with Gasteiger partial charge in [0.25, 0.3) is 0 Å². The molecule has 2 heterocycles. The quantitative estimate of drug-likeness (QED) is 0.896. The number of carbonyl (C=O) groups is 1. The van der Waals surface area contributed by atoms with Gasteiger partial charge in [0.2, 0.25) is 5.91 Å². The zero-order chi connectivity index (χ0) is 15.5. The number of benzene rings is 1. The largest absolute Gasteiger partial charge is 0.440 e. The third-order valence-corrected chi connectivity index (χ3v) is 4.01. The predicted octanol–water partition coefficient (Wildman–Crippen LogP) is 2.99. The Balaban J connectivity index is 0.00000144. The van der Waals surface area contributed by atoms with Crippen LogP contribution in [0, 0.1) is 6.92 Å². The van der Waals surface area contributed by atoms with Crippen LogP contribution in [0.2, 0.25) is 0 Å². The van der Waals surface area contributed by atoms with Crippen LogP contribution < -0.4 is 5.73 Å². The minimum absolute atomic E-state index is 0. The zero-order valence-electron chi connectivity index (χ0n) is 13.6. The molecule has 5 nitrogen and oxygen atoms in total. The standard InChI is InChI=1S/C17H21N3O2.2ClH/c1-12-17(13-5-3-2-4-6-13)22-15(19-12)7-8-16(21)20-10-9-14(18)11-20;;/h2-6,14H,7-11,18H2,1H3;2*1H/t14-;;/m1../s1. The number of aryl methyl sites for hydroxylation is 2. The summed E-state index contributed by atoms with van der Waals surface area (Å²) in [5.74, 6) is 1.53. The number of aromatic nitrogens is 1. The van der Waals surface area contributed by atoms with Crippen LogP contribution in [0.3, 0.4) is 0 Å². The summed E-state index contributed by atoms with van der Waals surface area (Å²) in [6, 6.07) is 10.0. The fourth-order valence-corrected chi connectivity index (χ4v) is 2.80. The lowest BCUT2D eigenvalue weighted by atomic mass is 10.1. The highest BCUT2D eigenvalue weighted by Gasteiger charge is 2.23. The Morgan fingerprint density at radius 2 is 2.04 bits per heavy atom. The number of oxazole rings is 1. The smallest absolute Gasteiger partial charge is 0.223 e. The molecule has 2 aromatic rings. The van der Waals surface area contributed by atoms with Gasteiger partial charge in [-0.05, 0) is 13.3 Å². The highest BCUT2D eigenvalue weighted by atomic mass is 35.5. The van der Waals surface area contributed by atoms with E-state index in [-0.39, 0.29) is 36.8 Å². The lowest BCUT2D eigenvalue weighted by Crippen LogP contribution is -2.31. The molecule has 0 bridgehead atoms. The monoisotopic (exact) mass is 371 g/mol. The second-order valence-corrected chi connectivity index (χ2v) is 5.78. The van der Waals surface area contributed by atoms with E-state index in [0.717, 1.165) is 30.0 Å². The third kappa shape index (κ3) is 4.72. The number of rotatable bonds is 4. The van der Waals surface area contributed by atoms with E-state index in [4.69, 9.17) is 10.2 Å². The number of likely N-dealkylation sites (tertiary alicyclic amines) is 1. The molecule has 0 saturated carbocycles. The molecule has 0 unspecified atom stereocenters. The molecule has 24 heavy (non-hydrogen) atoms. The average molecular weight is 372 g/mol. The predicted molar refractivity (Wildman–Crippen MR) is 98.7 cm³/mol. The highest BCUT2D eigenvalue weighted by Crippen LogP contribution is 2.24.